The minimum atomic E-state index is -1.53. The Hall–Kier alpha value is -3.48. The van der Waals surface area contributed by atoms with Gasteiger partial charge in [-0.25, -0.2) is 0 Å². The van der Waals surface area contributed by atoms with Gasteiger partial charge in [0.15, 0.2) is 0 Å². The average molecular weight is 829 g/mol. The first-order chi connectivity index (χ1) is 28.4. The van der Waals surface area contributed by atoms with Crippen molar-refractivity contribution in [2.45, 2.75) is 179 Å². The molecule has 5 aliphatic carbocycles. The van der Waals surface area contributed by atoms with Gasteiger partial charge in [0.1, 0.15) is 74.7 Å². The third-order valence-corrected chi connectivity index (χ3v) is 14.1. The highest BCUT2D eigenvalue weighted by atomic mass is 16.6. The number of Topliss-reactive ketones (excluding diaryl/α,β-unsaturated/α-hetero) is 4. The van der Waals surface area contributed by atoms with E-state index in [0.29, 0.717) is 57.8 Å². The van der Waals surface area contributed by atoms with E-state index >= 15 is 0 Å². The normalized spacial score (nSPS) is 24.7. The molecule has 0 aromatic carbocycles. The summed E-state index contributed by atoms with van der Waals surface area (Å²) in [7, 11) is 0. The van der Waals surface area contributed by atoms with E-state index in [1.807, 2.05) is 0 Å². The van der Waals surface area contributed by atoms with Crippen molar-refractivity contribution in [1.29, 1.82) is 0 Å². The van der Waals surface area contributed by atoms with Crippen molar-refractivity contribution < 1.29 is 62.4 Å². The van der Waals surface area contributed by atoms with Crippen molar-refractivity contribution in [2.75, 3.05) is 26.4 Å². The number of ketones is 4. The van der Waals surface area contributed by atoms with E-state index in [-0.39, 0.29) is 59.6 Å². The van der Waals surface area contributed by atoms with Crippen molar-refractivity contribution >= 4 is 47.0 Å². The largest absolute Gasteiger partial charge is 0.465 e. The number of aliphatic hydroxyl groups is 1. The van der Waals surface area contributed by atoms with Crippen molar-refractivity contribution in [2.24, 2.45) is 34.5 Å². The number of ether oxygens (including phenoxy) is 4. The molecule has 0 radical (unpaired) electrons. The maximum Gasteiger partial charge on any atom is 0.313 e. The molecule has 0 aromatic rings. The molecule has 5 rings (SSSR count). The van der Waals surface area contributed by atoms with E-state index in [4.69, 9.17) is 18.9 Å². The fourth-order valence-corrected chi connectivity index (χ4v) is 10.5. The summed E-state index contributed by atoms with van der Waals surface area (Å²) in [5.74, 6) is -5.17. The van der Waals surface area contributed by atoms with Gasteiger partial charge in [0, 0.05) is 23.7 Å². The maximum absolute atomic E-state index is 13.8. The lowest BCUT2D eigenvalue weighted by molar-refractivity contribution is -0.214. The molecule has 59 heavy (non-hydrogen) atoms. The first kappa shape index (κ1) is 46.6. The van der Waals surface area contributed by atoms with E-state index in [1.54, 1.807) is 0 Å². The number of hydrogen-bond acceptors (Lipinski definition) is 13. The zero-order chi connectivity index (χ0) is 42.3. The molecular formula is C46H68O13. The zero-order valence-electron chi connectivity index (χ0n) is 35.2. The molecule has 2 atom stereocenters. The number of rotatable bonds is 20. The Morgan fingerprint density at radius 2 is 0.678 bits per heavy atom. The minimum absolute atomic E-state index is 0.158. The second-order valence-electron chi connectivity index (χ2n) is 18.5. The van der Waals surface area contributed by atoms with Crippen molar-refractivity contribution in [3.05, 3.63) is 0 Å². The van der Waals surface area contributed by atoms with E-state index in [1.165, 1.54) is 0 Å². The fourth-order valence-electron chi connectivity index (χ4n) is 10.5. The second-order valence-corrected chi connectivity index (χ2v) is 18.5. The molecule has 0 heterocycles. The van der Waals surface area contributed by atoms with E-state index in [9.17, 15) is 43.5 Å². The summed E-state index contributed by atoms with van der Waals surface area (Å²) in [6.45, 7) is -2.12. The lowest BCUT2D eigenvalue weighted by Gasteiger charge is -2.51. The Kier molecular flexibility index (Phi) is 18.1. The van der Waals surface area contributed by atoms with Crippen molar-refractivity contribution in [1.82, 2.24) is 0 Å². The van der Waals surface area contributed by atoms with E-state index < -0.39 is 92.9 Å². The smallest absolute Gasteiger partial charge is 0.313 e. The summed E-state index contributed by atoms with van der Waals surface area (Å²) in [5.41, 5.74) is -3.04. The Balaban J connectivity index is 1.39. The Morgan fingerprint density at radius 1 is 0.390 bits per heavy atom. The lowest BCUT2D eigenvalue weighted by atomic mass is 9.60. The third-order valence-electron chi connectivity index (χ3n) is 14.1. The molecule has 2 unspecified atom stereocenters. The third kappa shape index (κ3) is 13.5. The van der Waals surface area contributed by atoms with Crippen LogP contribution in [0, 0.1) is 34.5 Å². The van der Waals surface area contributed by atoms with E-state index in [0.717, 1.165) is 77.0 Å². The molecule has 5 saturated carbocycles. The summed E-state index contributed by atoms with van der Waals surface area (Å²) in [6.07, 6.45) is 14.2. The topological polar surface area (TPSA) is 194 Å². The van der Waals surface area contributed by atoms with Crippen LogP contribution in [-0.4, -0.2) is 84.6 Å². The molecule has 0 aromatic heterocycles. The number of esters is 4. The molecule has 13 heteroatoms. The molecule has 0 aliphatic heterocycles. The Morgan fingerprint density at radius 3 is 1.00 bits per heavy atom. The van der Waals surface area contributed by atoms with Crippen LogP contribution >= 0.6 is 0 Å². The highest BCUT2D eigenvalue weighted by molar-refractivity contribution is 5.98. The molecule has 0 spiro atoms. The molecule has 1 N–H and O–H groups in total. The van der Waals surface area contributed by atoms with Gasteiger partial charge in [-0.15, -0.1) is 0 Å². The van der Waals surface area contributed by atoms with E-state index in [2.05, 4.69) is 0 Å². The Labute approximate surface area is 349 Å². The van der Waals surface area contributed by atoms with Crippen LogP contribution in [-0.2, 0) is 57.3 Å². The van der Waals surface area contributed by atoms with Crippen molar-refractivity contribution in [3.63, 3.8) is 0 Å². The summed E-state index contributed by atoms with van der Waals surface area (Å²) < 4.78 is 23.6. The molecular weight excluding hydrogens is 760 g/mol. The van der Waals surface area contributed by atoms with Gasteiger partial charge in [-0.3, -0.25) is 38.4 Å². The van der Waals surface area contributed by atoms with Crippen LogP contribution in [0.3, 0.4) is 0 Å². The lowest BCUT2D eigenvalue weighted by Crippen LogP contribution is -2.60. The monoisotopic (exact) mass is 828 g/mol. The van der Waals surface area contributed by atoms with Gasteiger partial charge >= 0.3 is 23.9 Å². The zero-order valence-corrected chi connectivity index (χ0v) is 35.2. The van der Waals surface area contributed by atoms with Crippen LogP contribution in [0.2, 0.25) is 0 Å². The quantitative estimate of drug-likeness (QED) is 0.0763. The molecule has 0 bridgehead atoms. The predicted molar refractivity (Wildman–Crippen MR) is 213 cm³/mol. The van der Waals surface area contributed by atoms with Crippen LogP contribution < -0.4 is 0 Å². The number of carbonyl (C=O) groups is 8. The molecule has 0 amide bonds. The van der Waals surface area contributed by atoms with Gasteiger partial charge in [-0.1, -0.05) is 83.5 Å². The molecule has 5 aliphatic rings. The van der Waals surface area contributed by atoms with Gasteiger partial charge in [0.05, 0.1) is 17.4 Å². The van der Waals surface area contributed by atoms with Crippen LogP contribution in [0.1, 0.15) is 173 Å². The van der Waals surface area contributed by atoms with Crippen LogP contribution in [0.25, 0.3) is 0 Å². The molecule has 13 nitrogen and oxygen atoms in total. The van der Waals surface area contributed by atoms with Gasteiger partial charge in [0.2, 0.25) is 0 Å². The van der Waals surface area contributed by atoms with Crippen LogP contribution in [0.5, 0.6) is 0 Å². The SMILES string of the molecule is O=C(CC(=O)C1CCCCC1)OCC1(CO)CCCC(COC(=O)CC(=O)C2CCCCC2)(COC(=O)CC(=O)C2CCCCC2)C1OC(=O)CC(=O)C1CCCCC1. The molecule has 0 saturated heterocycles. The summed E-state index contributed by atoms with van der Waals surface area (Å²) in [6, 6.07) is 0. The number of carbonyl (C=O) groups excluding carboxylic acids is 8. The van der Waals surface area contributed by atoms with Gasteiger partial charge in [0.25, 0.3) is 0 Å². The minimum Gasteiger partial charge on any atom is -0.465 e. The molecule has 5 fully saturated rings. The fraction of sp³-hybridized carbons (Fsp3) is 0.826. The molecule has 330 valence electrons. The summed E-state index contributed by atoms with van der Waals surface area (Å²) in [5, 5.41) is 11.2. The van der Waals surface area contributed by atoms with Crippen LogP contribution in [0.4, 0.5) is 0 Å². The number of aliphatic hydroxyl groups excluding tert-OH is 1. The Bertz CT molecular complexity index is 1430. The average Bonchev–Trinajstić information content (AvgIpc) is 3.26. The summed E-state index contributed by atoms with van der Waals surface area (Å²) >= 11 is 0. The second kappa shape index (κ2) is 22.9. The standard InChI is InChI=1S/C46H68O13/c47-28-45(29-56-40(52)24-36(48)32-14-5-1-6-15-32)22-13-23-46(30-57-41(53)25-37(49)33-16-7-2-8-17-33,31-58-42(54)26-38(50)34-18-9-3-10-19-34)44(45)59-43(55)27-39(51)35-20-11-4-12-21-35/h32-35,44,47H,1-31H2. The summed E-state index contributed by atoms with van der Waals surface area (Å²) in [4.78, 5) is 106. The van der Waals surface area contributed by atoms with Gasteiger partial charge in [-0.2, -0.15) is 0 Å². The first-order valence-corrected chi connectivity index (χ1v) is 22.8. The number of hydrogen-bond donors (Lipinski definition) is 1. The first-order valence-electron chi connectivity index (χ1n) is 22.8. The highest BCUT2D eigenvalue weighted by Gasteiger charge is 2.58. The highest BCUT2D eigenvalue weighted by Crippen LogP contribution is 2.50. The van der Waals surface area contributed by atoms with Crippen LogP contribution in [0.15, 0.2) is 0 Å². The predicted octanol–water partition coefficient (Wildman–Crippen LogP) is 6.83. The maximum atomic E-state index is 13.8. The van der Waals surface area contributed by atoms with Gasteiger partial charge < -0.3 is 24.1 Å². The van der Waals surface area contributed by atoms with Crippen molar-refractivity contribution in [3.8, 4) is 0 Å². The van der Waals surface area contributed by atoms with Gasteiger partial charge in [-0.05, 0) is 64.2 Å².